The summed E-state index contributed by atoms with van der Waals surface area (Å²) < 4.78 is 1.94. The van der Waals surface area contributed by atoms with E-state index in [-0.39, 0.29) is 5.91 Å². The standard InChI is InChI=1S/C10H16N4O/c1-2-14-6-12-5-8(14)9(10(11)15)13-7-3-4-7/h5-7,9,13H,2-4H2,1H3,(H2,11,15). The fourth-order valence-electron chi connectivity index (χ4n) is 1.63. The number of carbonyl (C=O) groups excluding carboxylic acids is 1. The molecular weight excluding hydrogens is 192 g/mol. The third-order valence-electron chi connectivity index (χ3n) is 2.65. The Morgan fingerprint density at radius 3 is 3.07 bits per heavy atom. The maximum atomic E-state index is 11.3. The molecule has 5 heteroatoms. The second-order valence-corrected chi connectivity index (χ2v) is 3.88. The fraction of sp³-hybridized carbons (Fsp3) is 0.600. The van der Waals surface area contributed by atoms with Gasteiger partial charge in [-0.25, -0.2) is 4.98 Å². The second kappa shape index (κ2) is 4.02. The first-order valence-corrected chi connectivity index (χ1v) is 5.27. The predicted molar refractivity (Wildman–Crippen MR) is 56.0 cm³/mol. The third kappa shape index (κ3) is 2.18. The van der Waals surface area contributed by atoms with Gasteiger partial charge in [0, 0.05) is 12.6 Å². The number of hydrogen-bond donors (Lipinski definition) is 2. The van der Waals surface area contributed by atoms with Crippen molar-refractivity contribution < 1.29 is 4.79 Å². The van der Waals surface area contributed by atoms with Gasteiger partial charge in [-0.05, 0) is 19.8 Å². The average molecular weight is 208 g/mol. The smallest absolute Gasteiger partial charge is 0.240 e. The summed E-state index contributed by atoms with van der Waals surface area (Å²) in [6.45, 7) is 2.81. The quantitative estimate of drug-likeness (QED) is 0.725. The van der Waals surface area contributed by atoms with Crippen LogP contribution in [0.2, 0.25) is 0 Å². The molecule has 0 saturated heterocycles. The van der Waals surface area contributed by atoms with Crippen molar-refractivity contribution in [2.24, 2.45) is 5.73 Å². The van der Waals surface area contributed by atoms with Crippen LogP contribution in [0.3, 0.4) is 0 Å². The lowest BCUT2D eigenvalue weighted by Gasteiger charge is -2.16. The summed E-state index contributed by atoms with van der Waals surface area (Å²) in [6, 6.07) is 0.0441. The van der Waals surface area contributed by atoms with Crippen molar-refractivity contribution in [3.8, 4) is 0 Å². The Kier molecular flexibility index (Phi) is 2.73. The maximum Gasteiger partial charge on any atom is 0.240 e. The third-order valence-corrected chi connectivity index (χ3v) is 2.65. The van der Waals surface area contributed by atoms with Gasteiger partial charge in [-0.3, -0.25) is 10.1 Å². The van der Waals surface area contributed by atoms with Gasteiger partial charge in [0.25, 0.3) is 0 Å². The molecular formula is C10H16N4O. The van der Waals surface area contributed by atoms with Crippen LogP contribution >= 0.6 is 0 Å². The molecule has 1 heterocycles. The molecule has 1 unspecified atom stereocenters. The largest absolute Gasteiger partial charge is 0.368 e. The van der Waals surface area contributed by atoms with Crippen molar-refractivity contribution in [2.45, 2.75) is 38.4 Å². The zero-order valence-electron chi connectivity index (χ0n) is 8.81. The summed E-state index contributed by atoms with van der Waals surface area (Å²) in [5.41, 5.74) is 6.24. The number of carbonyl (C=O) groups is 1. The minimum atomic E-state index is -0.403. The summed E-state index contributed by atoms with van der Waals surface area (Å²) in [7, 11) is 0. The molecule has 1 aliphatic rings. The Balaban J connectivity index is 2.18. The number of imidazole rings is 1. The molecule has 82 valence electrons. The summed E-state index contributed by atoms with van der Waals surface area (Å²) >= 11 is 0. The molecule has 0 aromatic carbocycles. The maximum absolute atomic E-state index is 11.3. The highest BCUT2D eigenvalue weighted by Gasteiger charge is 2.29. The number of rotatable bonds is 5. The lowest BCUT2D eigenvalue weighted by molar-refractivity contribution is -0.120. The molecule has 1 fully saturated rings. The van der Waals surface area contributed by atoms with Crippen molar-refractivity contribution in [1.82, 2.24) is 14.9 Å². The molecule has 1 saturated carbocycles. The number of primary amides is 1. The highest BCUT2D eigenvalue weighted by atomic mass is 16.1. The highest BCUT2D eigenvalue weighted by molar-refractivity contribution is 5.81. The molecule has 1 atom stereocenters. The molecule has 1 aromatic heterocycles. The Hall–Kier alpha value is -1.36. The monoisotopic (exact) mass is 208 g/mol. The molecule has 2 rings (SSSR count). The lowest BCUT2D eigenvalue weighted by Crippen LogP contribution is -2.36. The topological polar surface area (TPSA) is 72.9 Å². The molecule has 3 N–H and O–H groups in total. The zero-order chi connectivity index (χ0) is 10.8. The fourth-order valence-corrected chi connectivity index (χ4v) is 1.63. The molecule has 1 aliphatic carbocycles. The van der Waals surface area contributed by atoms with Crippen LogP contribution in [-0.2, 0) is 11.3 Å². The van der Waals surface area contributed by atoms with Gasteiger partial charge in [-0.2, -0.15) is 0 Å². The van der Waals surface area contributed by atoms with Crippen molar-refractivity contribution in [1.29, 1.82) is 0 Å². The zero-order valence-corrected chi connectivity index (χ0v) is 8.81. The summed E-state index contributed by atoms with van der Waals surface area (Å²) in [5, 5.41) is 3.23. The van der Waals surface area contributed by atoms with E-state index < -0.39 is 6.04 Å². The molecule has 1 aromatic rings. The van der Waals surface area contributed by atoms with Crippen LogP contribution < -0.4 is 11.1 Å². The number of aryl methyl sites for hydroxylation is 1. The molecule has 15 heavy (non-hydrogen) atoms. The number of nitrogens with one attached hydrogen (secondary N) is 1. The van der Waals surface area contributed by atoms with Gasteiger partial charge in [-0.1, -0.05) is 0 Å². The first-order chi connectivity index (χ1) is 7.22. The highest BCUT2D eigenvalue weighted by Crippen LogP contribution is 2.24. The summed E-state index contributed by atoms with van der Waals surface area (Å²) in [4.78, 5) is 15.4. The van der Waals surface area contributed by atoms with Gasteiger partial charge in [-0.15, -0.1) is 0 Å². The van der Waals surface area contributed by atoms with E-state index in [9.17, 15) is 4.79 Å². The average Bonchev–Trinajstić information content (AvgIpc) is 2.91. The van der Waals surface area contributed by atoms with E-state index in [0.29, 0.717) is 6.04 Å². The van der Waals surface area contributed by atoms with Crippen molar-refractivity contribution in [3.63, 3.8) is 0 Å². The first kappa shape index (κ1) is 10.2. The minimum Gasteiger partial charge on any atom is -0.368 e. The van der Waals surface area contributed by atoms with E-state index in [2.05, 4.69) is 10.3 Å². The molecule has 0 radical (unpaired) electrons. The van der Waals surface area contributed by atoms with Gasteiger partial charge in [0.15, 0.2) is 0 Å². The molecule has 0 aliphatic heterocycles. The minimum absolute atomic E-state index is 0.336. The van der Waals surface area contributed by atoms with Crippen LogP contribution in [-0.4, -0.2) is 21.5 Å². The Bertz CT molecular complexity index is 356. The van der Waals surface area contributed by atoms with E-state index in [1.807, 2.05) is 11.5 Å². The first-order valence-electron chi connectivity index (χ1n) is 5.27. The number of nitrogens with two attached hydrogens (primary N) is 1. The van der Waals surface area contributed by atoms with Gasteiger partial charge in [0.05, 0.1) is 18.2 Å². The van der Waals surface area contributed by atoms with Gasteiger partial charge in [0.2, 0.25) is 5.91 Å². The van der Waals surface area contributed by atoms with Crippen LogP contribution in [0.5, 0.6) is 0 Å². The van der Waals surface area contributed by atoms with Crippen LogP contribution in [0.4, 0.5) is 0 Å². The normalized spacial score (nSPS) is 17.7. The number of aromatic nitrogens is 2. The SMILES string of the molecule is CCn1cncc1C(NC1CC1)C(N)=O. The van der Waals surface area contributed by atoms with Crippen LogP contribution in [0.15, 0.2) is 12.5 Å². The van der Waals surface area contributed by atoms with Crippen molar-refractivity contribution in [3.05, 3.63) is 18.2 Å². The van der Waals surface area contributed by atoms with E-state index in [1.54, 1.807) is 12.5 Å². The molecule has 1 amide bonds. The number of nitrogens with zero attached hydrogens (tertiary/aromatic N) is 2. The van der Waals surface area contributed by atoms with E-state index in [0.717, 1.165) is 25.1 Å². The molecule has 0 bridgehead atoms. The summed E-state index contributed by atoms with van der Waals surface area (Å²) in [5.74, 6) is -0.336. The van der Waals surface area contributed by atoms with E-state index >= 15 is 0 Å². The van der Waals surface area contributed by atoms with Crippen molar-refractivity contribution in [2.75, 3.05) is 0 Å². The van der Waals surface area contributed by atoms with Crippen LogP contribution in [0.25, 0.3) is 0 Å². The van der Waals surface area contributed by atoms with Crippen LogP contribution in [0, 0.1) is 0 Å². The van der Waals surface area contributed by atoms with E-state index in [4.69, 9.17) is 5.73 Å². The molecule has 0 spiro atoms. The predicted octanol–water partition coefficient (Wildman–Crippen LogP) is 0.181. The Labute approximate surface area is 88.7 Å². The van der Waals surface area contributed by atoms with Gasteiger partial charge >= 0.3 is 0 Å². The lowest BCUT2D eigenvalue weighted by atomic mass is 10.2. The van der Waals surface area contributed by atoms with Crippen LogP contribution in [0.1, 0.15) is 31.5 Å². The van der Waals surface area contributed by atoms with Gasteiger partial charge in [0.1, 0.15) is 6.04 Å². The Morgan fingerprint density at radius 2 is 2.53 bits per heavy atom. The summed E-state index contributed by atoms with van der Waals surface area (Å²) in [6.07, 6.45) is 5.68. The van der Waals surface area contributed by atoms with Gasteiger partial charge < -0.3 is 10.3 Å². The molecule has 5 nitrogen and oxygen atoms in total. The Morgan fingerprint density at radius 1 is 1.80 bits per heavy atom. The number of hydrogen-bond acceptors (Lipinski definition) is 3. The van der Waals surface area contributed by atoms with Crippen molar-refractivity contribution >= 4 is 5.91 Å². The van der Waals surface area contributed by atoms with E-state index in [1.165, 1.54) is 0 Å². The number of amides is 1. The second-order valence-electron chi connectivity index (χ2n) is 3.88.